The van der Waals surface area contributed by atoms with Crippen LogP contribution in [0.5, 0.6) is 0 Å². The lowest BCUT2D eigenvalue weighted by atomic mass is 10.2. The van der Waals surface area contributed by atoms with E-state index in [1.807, 2.05) is 30.3 Å². The highest BCUT2D eigenvalue weighted by atomic mass is 16.5. The number of rotatable bonds is 6. The standard InChI is InChI=1S/C20H20N4O3/c1-14(2)27-20(26)16-8-10-17(11-9-16)21-19(25)18-13-24(23-22-18)12-15-6-4-3-5-7-15/h3-11,13-14H,12H2,1-2H3,(H,21,25). The highest BCUT2D eigenvalue weighted by Crippen LogP contribution is 2.12. The van der Waals surface area contributed by atoms with Crippen molar-refractivity contribution in [2.75, 3.05) is 5.32 Å². The first-order valence-electron chi connectivity index (χ1n) is 8.58. The van der Waals surface area contributed by atoms with Gasteiger partial charge in [0.05, 0.1) is 24.4 Å². The molecule has 0 radical (unpaired) electrons. The van der Waals surface area contributed by atoms with Crippen LogP contribution in [-0.4, -0.2) is 33.0 Å². The van der Waals surface area contributed by atoms with Gasteiger partial charge < -0.3 is 10.1 Å². The van der Waals surface area contributed by atoms with Crippen molar-refractivity contribution >= 4 is 17.6 Å². The van der Waals surface area contributed by atoms with Gasteiger partial charge in [-0.25, -0.2) is 9.48 Å². The van der Waals surface area contributed by atoms with E-state index in [2.05, 4.69) is 15.6 Å². The summed E-state index contributed by atoms with van der Waals surface area (Å²) < 4.78 is 6.74. The fourth-order valence-corrected chi connectivity index (χ4v) is 2.42. The summed E-state index contributed by atoms with van der Waals surface area (Å²) in [4.78, 5) is 24.2. The third kappa shape index (κ3) is 5.01. The molecule has 7 nitrogen and oxygen atoms in total. The number of anilines is 1. The molecule has 1 N–H and O–H groups in total. The molecule has 0 aliphatic heterocycles. The zero-order chi connectivity index (χ0) is 19.2. The van der Waals surface area contributed by atoms with E-state index in [-0.39, 0.29) is 17.7 Å². The summed E-state index contributed by atoms with van der Waals surface area (Å²) in [5, 5.41) is 10.6. The Morgan fingerprint density at radius 2 is 1.78 bits per heavy atom. The van der Waals surface area contributed by atoms with Crippen LogP contribution in [0.1, 0.15) is 40.3 Å². The van der Waals surface area contributed by atoms with Gasteiger partial charge in [0, 0.05) is 5.69 Å². The summed E-state index contributed by atoms with van der Waals surface area (Å²) in [6, 6.07) is 16.3. The van der Waals surface area contributed by atoms with Crippen LogP contribution >= 0.6 is 0 Å². The number of nitrogens with one attached hydrogen (secondary N) is 1. The largest absolute Gasteiger partial charge is 0.459 e. The number of hydrogen-bond donors (Lipinski definition) is 1. The molecule has 1 amide bonds. The predicted molar refractivity (Wildman–Crippen MR) is 101 cm³/mol. The van der Waals surface area contributed by atoms with Crippen LogP contribution in [0.25, 0.3) is 0 Å². The van der Waals surface area contributed by atoms with Crippen LogP contribution in [0.4, 0.5) is 5.69 Å². The van der Waals surface area contributed by atoms with E-state index in [1.165, 1.54) is 0 Å². The van der Waals surface area contributed by atoms with E-state index in [9.17, 15) is 9.59 Å². The lowest BCUT2D eigenvalue weighted by Gasteiger charge is -2.08. The van der Waals surface area contributed by atoms with Crippen molar-refractivity contribution in [3.63, 3.8) is 0 Å². The summed E-state index contributed by atoms with van der Waals surface area (Å²) in [5.74, 6) is -0.765. The Bertz CT molecular complexity index is 918. The highest BCUT2D eigenvalue weighted by molar-refractivity contribution is 6.02. The zero-order valence-corrected chi connectivity index (χ0v) is 15.1. The van der Waals surface area contributed by atoms with Crippen molar-refractivity contribution in [1.82, 2.24) is 15.0 Å². The first kappa shape index (κ1) is 18.3. The van der Waals surface area contributed by atoms with Crippen LogP contribution < -0.4 is 5.32 Å². The van der Waals surface area contributed by atoms with Crippen LogP contribution in [0.15, 0.2) is 60.8 Å². The van der Waals surface area contributed by atoms with Gasteiger partial charge in [0.1, 0.15) is 0 Å². The van der Waals surface area contributed by atoms with Gasteiger partial charge >= 0.3 is 5.97 Å². The molecule has 0 atom stereocenters. The third-order valence-corrected chi connectivity index (χ3v) is 3.68. The minimum atomic E-state index is -0.397. The Morgan fingerprint density at radius 3 is 2.44 bits per heavy atom. The summed E-state index contributed by atoms with van der Waals surface area (Å²) in [6.45, 7) is 4.11. The molecule has 1 heterocycles. The van der Waals surface area contributed by atoms with Crippen molar-refractivity contribution in [3.05, 3.63) is 77.6 Å². The van der Waals surface area contributed by atoms with Gasteiger partial charge in [0.25, 0.3) is 5.91 Å². The smallest absolute Gasteiger partial charge is 0.338 e. The number of carbonyl (C=O) groups is 2. The molecule has 0 spiro atoms. The molecule has 0 aliphatic carbocycles. The van der Waals surface area contributed by atoms with E-state index in [0.717, 1.165) is 5.56 Å². The number of nitrogens with zero attached hydrogens (tertiary/aromatic N) is 3. The third-order valence-electron chi connectivity index (χ3n) is 3.68. The van der Waals surface area contributed by atoms with Crippen LogP contribution in [0.2, 0.25) is 0 Å². The topological polar surface area (TPSA) is 86.1 Å². The van der Waals surface area contributed by atoms with E-state index in [0.29, 0.717) is 17.8 Å². The molecule has 0 unspecified atom stereocenters. The van der Waals surface area contributed by atoms with Crippen LogP contribution in [-0.2, 0) is 11.3 Å². The molecule has 0 fully saturated rings. The molecular weight excluding hydrogens is 344 g/mol. The fraction of sp³-hybridized carbons (Fsp3) is 0.200. The molecule has 3 rings (SSSR count). The van der Waals surface area contributed by atoms with Crippen molar-refractivity contribution in [2.45, 2.75) is 26.5 Å². The molecule has 2 aromatic carbocycles. The number of amides is 1. The first-order chi connectivity index (χ1) is 13.0. The van der Waals surface area contributed by atoms with Crippen molar-refractivity contribution < 1.29 is 14.3 Å². The van der Waals surface area contributed by atoms with E-state index in [4.69, 9.17) is 4.74 Å². The Balaban J connectivity index is 1.61. The molecule has 0 aliphatic rings. The van der Waals surface area contributed by atoms with E-state index >= 15 is 0 Å². The minimum Gasteiger partial charge on any atom is -0.459 e. The molecule has 0 saturated carbocycles. The molecule has 0 saturated heterocycles. The fourth-order valence-electron chi connectivity index (χ4n) is 2.42. The second-order valence-electron chi connectivity index (χ2n) is 6.27. The van der Waals surface area contributed by atoms with Gasteiger partial charge in [-0.15, -0.1) is 5.10 Å². The van der Waals surface area contributed by atoms with Gasteiger partial charge in [-0.2, -0.15) is 0 Å². The first-order valence-corrected chi connectivity index (χ1v) is 8.58. The Hall–Kier alpha value is -3.48. The minimum absolute atomic E-state index is 0.185. The Kier molecular flexibility index (Phi) is 5.61. The molecule has 7 heteroatoms. The molecular formula is C20H20N4O3. The van der Waals surface area contributed by atoms with Crippen LogP contribution in [0, 0.1) is 0 Å². The van der Waals surface area contributed by atoms with Crippen molar-refractivity contribution in [3.8, 4) is 0 Å². The predicted octanol–water partition coefficient (Wildman–Crippen LogP) is 3.14. The Morgan fingerprint density at radius 1 is 1.07 bits per heavy atom. The molecule has 138 valence electrons. The monoisotopic (exact) mass is 364 g/mol. The summed E-state index contributed by atoms with van der Waals surface area (Å²) in [5.41, 5.74) is 2.27. The normalized spacial score (nSPS) is 10.6. The van der Waals surface area contributed by atoms with Crippen molar-refractivity contribution in [2.24, 2.45) is 0 Å². The van der Waals surface area contributed by atoms with Gasteiger partial charge in [-0.3, -0.25) is 4.79 Å². The SMILES string of the molecule is CC(C)OC(=O)c1ccc(NC(=O)c2cn(Cc3ccccc3)nn2)cc1. The lowest BCUT2D eigenvalue weighted by molar-refractivity contribution is 0.0378. The maximum absolute atomic E-state index is 12.3. The Labute approximate surface area is 157 Å². The lowest BCUT2D eigenvalue weighted by Crippen LogP contribution is -2.13. The molecule has 0 bridgehead atoms. The number of carbonyl (C=O) groups excluding carboxylic acids is 2. The summed E-state index contributed by atoms with van der Waals surface area (Å²) in [7, 11) is 0. The van der Waals surface area contributed by atoms with Crippen molar-refractivity contribution in [1.29, 1.82) is 0 Å². The van der Waals surface area contributed by atoms with E-state index in [1.54, 1.807) is 49.0 Å². The quantitative estimate of drug-likeness (QED) is 0.679. The van der Waals surface area contributed by atoms with Gasteiger partial charge in [-0.1, -0.05) is 35.5 Å². The highest BCUT2D eigenvalue weighted by Gasteiger charge is 2.13. The number of esters is 1. The summed E-state index contributed by atoms with van der Waals surface area (Å²) in [6.07, 6.45) is 1.41. The number of hydrogen-bond acceptors (Lipinski definition) is 5. The van der Waals surface area contributed by atoms with Gasteiger partial charge in [-0.05, 0) is 43.7 Å². The van der Waals surface area contributed by atoms with Gasteiger partial charge in [0.15, 0.2) is 5.69 Å². The van der Waals surface area contributed by atoms with E-state index < -0.39 is 5.97 Å². The average molecular weight is 364 g/mol. The molecule has 3 aromatic rings. The second-order valence-corrected chi connectivity index (χ2v) is 6.27. The summed E-state index contributed by atoms with van der Waals surface area (Å²) >= 11 is 0. The number of ether oxygens (including phenoxy) is 1. The average Bonchev–Trinajstić information content (AvgIpc) is 3.11. The second kappa shape index (κ2) is 8.27. The molecule has 27 heavy (non-hydrogen) atoms. The maximum Gasteiger partial charge on any atom is 0.338 e. The molecule has 1 aromatic heterocycles. The number of benzene rings is 2. The zero-order valence-electron chi connectivity index (χ0n) is 15.1. The maximum atomic E-state index is 12.3. The number of aromatic nitrogens is 3. The van der Waals surface area contributed by atoms with Crippen LogP contribution in [0.3, 0.4) is 0 Å². The van der Waals surface area contributed by atoms with Gasteiger partial charge in [0.2, 0.25) is 0 Å².